The van der Waals surface area contributed by atoms with Gasteiger partial charge in [0.05, 0.1) is 18.8 Å². The Bertz CT molecular complexity index is 369. The van der Waals surface area contributed by atoms with Gasteiger partial charge in [0.1, 0.15) is 5.41 Å². The van der Waals surface area contributed by atoms with Crippen LogP contribution in [-0.4, -0.2) is 58.9 Å². The molecule has 7 heteroatoms. The summed E-state index contributed by atoms with van der Waals surface area (Å²) in [5, 5.41) is 21.2. The molecule has 0 aromatic heterocycles. The summed E-state index contributed by atoms with van der Waals surface area (Å²) in [5.41, 5.74) is 4.76. The molecule has 1 amide bonds. The van der Waals surface area contributed by atoms with Crippen molar-refractivity contribution >= 4 is 11.7 Å². The van der Waals surface area contributed by atoms with E-state index in [0.717, 1.165) is 0 Å². The molecule has 1 rings (SSSR count). The fraction of sp³-hybridized carbons (Fsp3) is 0.846. The highest BCUT2D eigenvalue weighted by atomic mass is 16.5. The van der Waals surface area contributed by atoms with Crippen LogP contribution in [0.25, 0.3) is 0 Å². The molecule has 2 atom stereocenters. The smallest absolute Gasteiger partial charge is 0.236 e. The quantitative estimate of drug-likeness (QED) is 0.289. The van der Waals surface area contributed by atoms with Crippen LogP contribution in [0.5, 0.6) is 0 Å². The normalized spacial score (nSPS) is 24.8. The average Bonchev–Trinajstić information content (AvgIpc) is 2.47. The van der Waals surface area contributed by atoms with E-state index in [1.165, 1.54) is 0 Å². The third-order valence-electron chi connectivity index (χ3n) is 4.03. The lowest BCUT2D eigenvalue weighted by molar-refractivity contribution is -0.154. The second-order valence-corrected chi connectivity index (χ2v) is 5.24. The molecule has 0 aromatic rings. The third-order valence-corrected chi connectivity index (χ3v) is 4.03. The summed E-state index contributed by atoms with van der Waals surface area (Å²) in [7, 11) is 0. The Balaban J connectivity index is 3.00. The number of carbonyl (C=O) groups excluding carboxylic acids is 1. The van der Waals surface area contributed by atoms with Gasteiger partial charge in [-0.2, -0.15) is 0 Å². The number of nitrogens with zero attached hydrogens (tertiary/aromatic N) is 2. The van der Waals surface area contributed by atoms with E-state index in [9.17, 15) is 9.90 Å². The van der Waals surface area contributed by atoms with Crippen LogP contribution in [0.4, 0.5) is 0 Å². The summed E-state index contributed by atoms with van der Waals surface area (Å²) in [6.45, 7) is 6.16. The molecule has 1 saturated heterocycles. The second kappa shape index (κ2) is 6.90. The number of amidine groups is 1. The summed E-state index contributed by atoms with van der Waals surface area (Å²) >= 11 is 0. The van der Waals surface area contributed by atoms with Gasteiger partial charge in [0.2, 0.25) is 5.91 Å². The van der Waals surface area contributed by atoms with Crippen molar-refractivity contribution in [3.05, 3.63) is 0 Å². The standard InChI is InChI=1S/C13H25N3O4/c1-4-13(5-2,11(14)15-19)12(18)16-6-9(3)20-10(7-16)8-17/h9-10,17,19H,4-8H2,1-3H3,(H2,14,15). The number of amides is 1. The van der Waals surface area contributed by atoms with Gasteiger partial charge in [0.25, 0.3) is 0 Å². The van der Waals surface area contributed by atoms with Gasteiger partial charge < -0.3 is 25.7 Å². The highest BCUT2D eigenvalue weighted by molar-refractivity contribution is 6.06. The van der Waals surface area contributed by atoms with Crippen molar-refractivity contribution in [2.45, 2.75) is 45.8 Å². The summed E-state index contributed by atoms with van der Waals surface area (Å²) in [6, 6.07) is 0. The van der Waals surface area contributed by atoms with E-state index in [1.54, 1.807) is 4.90 Å². The summed E-state index contributed by atoms with van der Waals surface area (Å²) < 4.78 is 5.53. The predicted molar refractivity (Wildman–Crippen MR) is 74.4 cm³/mol. The molecule has 116 valence electrons. The highest BCUT2D eigenvalue weighted by Crippen LogP contribution is 2.30. The number of carbonyl (C=O) groups is 1. The van der Waals surface area contributed by atoms with Gasteiger partial charge >= 0.3 is 0 Å². The molecular weight excluding hydrogens is 262 g/mol. The molecule has 1 aliphatic rings. The molecule has 2 unspecified atom stereocenters. The number of oxime groups is 1. The molecule has 7 nitrogen and oxygen atoms in total. The molecule has 1 fully saturated rings. The average molecular weight is 287 g/mol. The molecule has 0 aromatic carbocycles. The fourth-order valence-electron chi connectivity index (χ4n) is 2.73. The summed E-state index contributed by atoms with van der Waals surface area (Å²) in [5.74, 6) is -0.237. The lowest BCUT2D eigenvalue weighted by Gasteiger charge is -2.41. The second-order valence-electron chi connectivity index (χ2n) is 5.24. The van der Waals surface area contributed by atoms with Gasteiger partial charge in [-0.3, -0.25) is 4.79 Å². The monoisotopic (exact) mass is 287 g/mol. The molecule has 0 bridgehead atoms. The van der Waals surface area contributed by atoms with E-state index in [2.05, 4.69) is 5.16 Å². The van der Waals surface area contributed by atoms with Crippen molar-refractivity contribution < 1.29 is 19.8 Å². The Hall–Kier alpha value is -1.34. The van der Waals surface area contributed by atoms with Gasteiger partial charge in [-0.05, 0) is 19.8 Å². The number of ether oxygens (including phenoxy) is 1. The SMILES string of the molecule is CCC(CC)(C(=O)N1CC(C)OC(CO)C1)C(N)=NO. The molecule has 0 aliphatic carbocycles. The number of rotatable bonds is 5. The van der Waals surface area contributed by atoms with E-state index in [-0.39, 0.29) is 30.6 Å². The van der Waals surface area contributed by atoms with Crippen LogP contribution in [0.1, 0.15) is 33.6 Å². The molecule has 20 heavy (non-hydrogen) atoms. The fourth-order valence-corrected chi connectivity index (χ4v) is 2.73. The zero-order chi connectivity index (χ0) is 15.3. The van der Waals surface area contributed by atoms with Crippen LogP contribution in [0, 0.1) is 5.41 Å². The molecule has 1 heterocycles. The largest absolute Gasteiger partial charge is 0.409 e. The lowest BCUT2D eigenvalue weighted by atomic mass is 9.79. The van der Waals surface area contributed by atoms with E-state index < -0.39 is 5.41 Å². The lowest BCUT2D eigenvalue weighted by Crippen LogP contribution is -2.57. The van der Waals surface area contributed by atoms with Gasteiger partial charge in [-0.1, -0.05) is 19.0 Å². The van der Waals surface area contributed by atoms with Crippen LogP contribution in [-0.2, 0) is 9.53 Å². The van der Waals surface area contributed by atoms with Crippen molar-refractivity contribution in [3.8, 4) is 0 Å². The van der Waals surface area contributed by atoms with E-state index >= 15 is 0 Å². The Morgan fingerprint density at radius 1 is 1.45 bits per heavy atom. The zero-order valence-electron chi connectivity index (χ0n) is 12.4. The van der Waals surface area contributed by atoms with E-state index in [1.807, 2.05) is 20.8 Å². The first-order valence-corrected chi connectivity index (χ1v) is 6.98. The number of morpholine rings is 1. The predicted octanol–water partition coefficient (Wildman–Crippen LogP) is 0.147. The van der Waals surface area contributed by atoms with Crippen molar-refractivity contribution in [1.29, 1.82) is 0 Å². The van der Waals surface area contributed by atoms with Crippen molar-refractivity contribution in [2.75, 3.05) is 19.7 Å². The Morgan fingerprint density at radius 3 is 2.50 bits per heavy atom. The number of nitrogens with two attached hydrogens (primary N) is 1. The topological polar surface area (TPSA) is 108 Å². The number of aliphatic hydroxyl groups excluding tert-OH is 1. The van der Waals surface area contributed by atoms with Crippen LogP contribution in [0.3, 0.4) is 0 Å². The van der Waals surface area contributed by atoms with E-state index in [0.29, 0.717) is 25.9 Å². The Kier molecular flexibility index (Phi) is 5.76. The maximum Gasteiger partial charge on any atom is 0.236 e. The molecule has 1 aliphatic heterocycles. The number of hydrogen-bond acceptors (Lipinski definition) is 5. The molecule has 0 saturated carbocycles. The maximum atomic E-state index is 12.8. The molecule has 0 radical (unpaired) electrons. The first-order valence-electron chi connectivity index (χ1n) is 6.98. The minimum absolute atomic E-state index is 0.0628. The van der Waals surface area contributed by atoms with Crippen LogP contribution in [0.15, 0.2) is 5.16 Å². The van der Waals surface area contributed by atoms with Gasteiger partial charge in [0.15, 0.2) is 5.84 Å². The van der Waals surface area contributed by atoms with Gasteiger partial charge in [0, 0.05) is 13.1 Å². The first kappa shape index (κ1) is 16.7. The van der Waals surface area contributed by atoms with Crippen LogP contribution in [0.2, 0.25) is 0 Å². The minimum Gasteiger partial charge on any atom is -0.409 e. The summed E-state index contributed by atoms with van der Waals surface area (Å²) in [4.78, 5) is 14.4. The van der Waals surface area contributed by atoms with E-state index in [4.69, 9.17) is 15.7 Å². The van der Waals surface area contributed by atoms with Gasteiger partial charge in [-0.15, -0.1) is 0 Å². The first-order chi connectivity index (χ1) is 9.44. The summed E-state index contributed by atoms with van der Waals surface area (Å²) in [6.07, 6.45) is 0.367. The number of aliphatic hydroxyl groups is 1. The molecule has 0 spiro atoms. The Labute approximate surface area is 119 Å². The molecular formula is C13H25N3O4. The van der Waals surface area contributed by atoms with Crippen LogP contribution >= 0.6 is 0 Å². The highest BCUT2D eigenvalue weighted by Gasteiger charge is 2.44. The van der Waals surface area contributed by atoms with Gasteiger partial charge in [-0.25, -0.2) is 0 Å². The van der Waals surface area contributed by atoms with Crippen molar-refractivity contribution in [2.24, 2.45) is 16.3 Å². The zero-order valence-corrected chi connectivity index (χ0v) is 12.4. The number of hydrogen-bond donors (Lipinski definition) is 3. The maximum absolute atomic E-state index is 12.8. The van der Waals surface area contributed by atoms with Crippen molar-refractivity contribution in [1.82, 2.24) is 4.90 Å². The Morgan fingerprint density at radius 2 is 2.05 bits per heavy atom. The third kappa shape index (κ3) is 3.04. The molecule has 4 N–H and O–H groups in total. The van der Waals surface area contributed by atoms with Crippen molar-refractivity contribution in [3.63, 3.8) is 0 Å². The van der Waals surface area contributed by atoms with Crippen LogP contribution < -0.4 is 5.73 Å². The minimum atomic E-state index is -0.994.